The number of carbonyl (C=O) groups is 2. The van der Waals surface area contributed by atoms with Crippen LogP contribution in [0.3, 0.4) is 0 Å². The normalized spacial score (nSPS) is 12.7. The Balaban J connectivity index is 1.91. The van der Waals surface area contributed by atoms with Gasteiger partial charge in [0, 0.05) is 6.54 Å². The molecule has 0 saturated carbocycles. The first-order valence-electron chi connectivity index (χ1n) is 8.59. The fourth-order valence-electron chi connectivity index (χ4n) is 2.39. The highest BCUT2D eigenvalue weighted by molar-refractivity contribution is 5.81. The Morgan fingerprint density at radius 1 is 1.00 bits per heavy atom. The van der Waals surface area contributed by atoms with Gasteiger partial charge in [0.2, 0.25) is 5.91 Å². The molecule has 0 bridgehead atoms. The molecule has 0 fully saturated rings. The number of alkyl carbamates (subject to hydrolysis) is 1. The predicted octanol–water partition coefficient (Wildman–Crippen LogP) is 1.99. The summed E-state index contributed by atoms with van der Waals surface area (Å²) in [6, 6.07) is 18.3. The second-order valence-electron chi connectivity index (χ2n) is 6.13. The van der Waals surface area contributed by atoms with Crippen molar-refractivity contribution < 1.29 is 14.3 Å². The molecule has 6 nitrogen and oxygen atoms in total. The summed E-state index contributed by atoms with van der Waals surface area (Å²) in [6.07, 6.45) is 0.0466. The molecule has 0 spiro atoms. The molecule has 6 heteroatoms. The van der Waals surface area contributed by atoms with E-state index < -0.39 is 12.1 Å². The molecule has 2 amide bonds. The number of benzene rings is 2. The van der Waals surface area contributed by atoms with Crippen LogP contribution < -0.4 is 16.4 Å². The largest absolute Gasteiger partial charge is 0.445 e. The van der Waals surface area contributed by atoms with Crippen LogP contribution in [0.1, 0.15) is 18.1 Å². The lowest BCUT2D eigenvalue weighted by atomic mass is 10.1. The van der Waals surface area contributed by atoms with Crippen LogP contribution in [0.25, 0.3) is 0 Å². The SMILES string of the molecule is C[C@@H](N)C(=O)NC[C@H](Cc1ccccc1)NC(=O)OCc1ccccc1. The minimum Gasteiger partial charge on any atom is -0.445 e. The average Bonchev–Trinajstić information content (AvgIpc) is 2.65. The van der Waals surface area contributed by atoms with Crippen molar-refractivity contribution in [3.05, 3.63) is 71.8 Å². The summed E-state index contributed by atoms with van der Waals surface area (Å²) in [5.74, 6) is -0.262. The number of amides is 2. The van der Waals surface area contributed by atoms with Crippen LogP contribution >= 0.6 is 0 Å². The highest BCUT2D eigenvalue weighted by Crippen LogP contribution is 2.05. The predicted molar refractivity (Wildman–Crippen MR) is 100 cm³/mol. The van der Waals surface area contributed by atoms with Crippen LogP contribution in [-0.2, 0) is 22.6 Å². The summed E-state index contributed by atoms with van der Waals surface area (Å²) < 4.78 is 5.26. The van der Waals surface area contributed by atoms with Crippen molar-refractivity contribution in [2.45, 2.75) is 32.0 Å². The fourth-order valence-corrected chi connectivity index (χ4v) is 2.39. The van der Waals surface area contributed by atoms with Crippen LogP contribution in [0.15, 0.2) is 60.7 Å². The third-order valence-electron chi connectivity index (χ3n) is 3.80. The van der Waals surface area contributed by atoms with Gasteiger partial charge in [-0.25, -0.2) is 4.79 Å². The summed E-state index contributed by atoms with van der Waals surface area (Å²) in [5, 5.41) is 5.56. The number of hydrogen-bond donors (Lipinski definition) is 3. The zero-order valence-corrected chi connectivity index (χ0v) is 14.9. The van der Waals surface area contributed by atoms with E-state index in [1.165, 1.54) is 0 Å². The standard InChI is InChI=1S/C20H25N3O3/c1-15(21)19(24)22-13-18(12-16-8-4-2-5-9-16)23-20(25)26-14-17-10-6-3-7-11-17/h2-11,15,18H,12-14,21H2,1H3,(H,22,24)(H,23,25)/t15-,18+/m1/s1. The van der Waals surface area contributed by atoms with Gasteiger partial charge < -0.3 is 21.1 Å². The first kappa shape index (κ1) is 19.5. The van der Waals surface area contributed by atoms with Gasteiger partial charge in [-0.1, -0.05) is 60.7 Å². The number of nitrogens with one attached hydrogen (secondary N) is 2. The molecule has 0 aliphatic heterocycles. The Morgan fingerprint density at radius 3 is 2.15 bits per heavy atom. The van der Waals surface area contributed by atoms with Crippen LogP contribution in [-0.4, -0.2) is 30.6 Å². The van der Waals surface area contributed by atoms with Crippen molar-refractivity contribution in [1.82, 2.24) is 10.6 Å². The van der Waals surface area contributed by atoms with E-state index in [4.69, 9.17) is 10.5 Å². The maximum atomic E-state index is 12.1. The van der Waals surface area contributed by atoms with Crippen molar-refractivity contribution in [2.75, 3.05) is 6.54 Å². The highest BCUT2D eigenvalue weighted by Gasteiger charge is 2.16. The van der Waals surface area contributed by atoms with Crippen molar-refractivity contribution in [3.8, 4) is 0 Å². The smallest absolute Gasteiger partial charge is 0.407 e. The second kappa shape index (κ2) is 10.2. The van der Waals surface area contributed by atoms with E-state index in [1.807, 2.05) is 60.7 Å². The van der Waals surface area contributed by atoms with Crippen LogP contribution in [0.2, 0.25) is 0 Å². The van der Waals surface area contributed by atoms with Gasteiger partial charge in [0.05, 0.1) is 12.1 Å². The lowest BCUT2D eigenvalue weighted by Crippen LogP contribution is -2.48. The maximum Gasteiger partial charge on any atom is 0.407 e. The Morgan fingerprint density at radius 2 is 1.58 bits per heavy atom. The topological polar surface area (TPSA) is 93.5 Å². The van der Waals surface area contributed by atoms with Gasteiger partial charge in [0.1, 0.15) is 6.61 Å². The van der Waals surface area contributed by atoms with Gasteiger partial charge in [-0.05, 0) is 24.5 Å². The number of hydrogen-bond acceptors (Lipinski definition) is 4. The van der Waals surface area contributed by atoms with E-state index in [9.17, 15) is 9.59 Å². The molecule has 138 valence electrons. The monoisotopic (exact) mass is 355 g/mol. The van der Waals surface area contributed by atoms with Crippen molar-refractivity contribution in [2.24, 2.45) is 5.73 Å². The lowest BCUT2D eigenvalue weighted by Gasteiger charge is -2.20. The number of ether oxygens (including phenoxy) is 1. The molecule has 0 aliphatic carbocycles. The Bertz CT molecular complexity index is 690. The van der Waals surface area contributed by atoms with Gasteiger partial charge in [0.15, 0.2) is 0 Å². The molecule has 2 aromatic rings. The molecule has 2 aromatic carbocycles. The Kier molecular flexibility index (Phi) is 7.64. The van der Waals surface area contributed by atoms with Gasteiger partial charge in [-0.15, -0.1) is 0 Å². The average molecular weight is 355 g/mol. The first-order valence-corrected chi connectivity index (χ1v) is 8.59. The Labute approximate surface area is 153 Å². The molecule has 0 heterocycles. The van der Waals surface area contributed by atoms with Gasteiger partial charge in [0.25, 0.3) is 0 Å². The quantitative estimate of drug-likeness (QED) is 0.675. The van der Waals surface area contributed by atoms with Gasteiger partial charge in [-0.3, -0.25) is 4.79 Å². The van der Waals surface area contributed by atoms with Gasteiger partial charge in [-0.2, -0.15) is 0 Å². The summed E-state index contributed by atoms with van der Waals surface area (Å²) in [5.41, 5.74) is 7.53. The molecule has 4 N–H and O–H groups in total. The molecule has 2 atom stereocenters. The second-order valence-corrected chi connectivity index (χ2v) is 6.13. The Hall–Kier alpha value is -2.86. The summed E-state index contributed by atoms with van der Waals surface area (Å²) >= 11 is 0. The molecule has 0 aromatic heterocycles. The van der Waals surface area contributed by atoms with Crippen molar-refractivity contribution in [1.29, 1.82) is 0 Å². The molecular weight excluding hydrogens is 330 g/mol. The van der Waals surface area contributed by atoms with Crippen LogP contribution in [0, 0.1) is 0 Å². The van der Waals surface area contributed by atoms with E-state index in [2.05, 4.69) is 10.6 Å². The maximum absolute atomic E-state index is 12.1. The van der Waals surface area contributed by atoms with Crippen LogP contribution in [0.4, 0.5) is 4.79 Å². The molecular formula is C20H25N3O3. The van der Waals surface area contributed by atoms with E-state index in [-0.39, 0.29) is 25.1 Å². The minimum absolute atomic E-state index is 0.191. The van der Waals surface area contributed by atoms with Gasteiger partial charge >= 0.3 is 6.09 Å². The van der Waals surface area contributed by atoms with E-state index in [0.717, 1.165) is 11.1 Å². The van der Waals surface area contributed by atoms with Crippen LogP contribution in [0.5, 0.6) is 0 Å². The highest BCUT2D eigenvalue weighted by atomic mass is 16.5. The molecule has 0 aliphatic rings. The van der Waals surface area contributed by atoms with E-state index >= 15 is 0 Å². The third-order valence-corrected chi connectivity index (χ3v) is 3.80. The number of carbonyl (C=O) groups excluding carboxylic acids is 2. The molecule has 2 rings (SSSR count). The molecule has 0 saturated heterocycles. The number of rotatable bonds is 8. The zero-order chi connectivity index (χ0) is 18.8. The molecule has 0 unspecified atom stereocenters. The van der Waals surface area contributed by atoms with Crippen molar-refractivity contribution in [3.63, 3.8) is 0 Å². The summed E-state index contributed by atoms with van der Waals surface area (Å²) in [6.45, 7) is 2.08. The fraction of sp³-hybridized carbons (Fsp3) is 0.300. The summed E-state index contributed by atoms with van der Waals surface area (Å²) in [4.78, 5) is 23.8. The third kappa shape index (κ3) is 6.94. The van der Waals surface area contributed by atoms with E-state index in [0.29, 0.717) is 6.42 Å². The molecule has 0 radical (unpaired) electrons. The zero-order valence-electron chi connectivity index (χ0n) is 14.9. The first-order chi connectivity index (χ1) is 12.5. The molecule has 26 heavy (non-hydrogen) atoms. The van der Waals surface area contributed by atoms with E-state index in [1.54, 1.807) is 6.92 Å². The minimum atomic E-state index is -0.600. The lowest BCUT2D eigenvalue weighted by molar-refractivity contribution is -0.122. The summed E-state index contributed by atoms with van der Waals surface area (Å²) in [7, 11) is 0. The number of nitrogens with two attached hydrogens (primary N) is 1. The van der Waals surface area contributed by atoms with Crippen molar-refractivity contribution >= 4 is 12.0 Å².